The number of carbonyl (C=O) groups excluding carboxylic acids is 1. The molecule has 2 atom stereocenters. The number of nitrogens with zero attached hydrogens (tertiary/aromatic N) is 2. The quantitative estimate of drug-likeness (QED) is 0.854. The van der Waals surface area contributed by atoms with Crippen molar-refractivity contribution in [1.29, 1.82) is 0 Å². The lowest BCUT2D eigenvalue weighted by Crippen LogP contribution is -2.45. The molecule has 5 heteroatoms. The molecule has 0 aromatic heterocycles. The van der Waals surface area contributed by atoms with Crippen molar-refractivity contribution in [3.05, 3.63) is 35.4 Å². The summed E-state index contributed by atoms with van der Waals surface area (Å²) in [6.45, 7) is 7.63. The summed E-state index contributed by atoms with van der Waals surface area (Å²) in [4.78, 5) is 17.2. The van der Waals surface area contributed by atoms with Gasteiger partial charge in [-0.1, -0.05) is 29.8 Å². The number of aryl methyl sites for hydroxylation is 1. The monoisotopic (exact) mass is 353 g/mol. The van der Waals surface area contributed by atoms with E-state index >= 15 is 0 Å². The van der Waals surface area contributed by atoms with Gasteiger partial charge in [0.25, 0.3) is 0 Å². The maximum Gasteiger partial charge on any atom is 0.226 e. The highest BCUT2D eigenvalue weighted by atomic mass is 35.5. The molecule has 2 rings (SSSR count). The average molecular weight is 354 g/mol. The Bertz CT molecular complexity index is 521. The van der Waals surface area contributed by atoms with Gasteiger partial charge in [-0.2, -0.15) is 0 Å². The second-order valence-electron chi connectivity index (χ2n) is 7.13. The fraction of sp³-hybridized carbons (Fsp3) is 0.632. The molecule has 1 aliphatic rings. The Morgan fingerprint density at radius 3 is 2.67 bits per heavy atom. The average Bonchev–Trinajstić information content (AvgIpc) is 2.50. The standard InChI is InChI=1S/C19H31N3O.ClH/c1-15-6-5-7-17(12-15)14-22(11-10-21(3)4)19(23)18-8-9-20-16(2)13-18;/h5-7,12,16,18,20H,8-11,13-14H2,1-4H3;1H/t16-,18-;/m0./s1. The van der Waals surface area contributed by atoms with E-state index in [-0.39, 0.29) is 18.3 Å². The predicted molar refractivity (Wildman–Crippen MR) is 103 cm³/mol. The Hall–Kier alpha value is -1.10. The molecule has 1 N–H and O–H groups in total. The molecule has 0 radical (unpaired) electrons. The van der Waals surface area contributed by atoms with E-state index < -0.39 is 0 Å². The van der Waals surface area contributed by atoms with Gasteiger partial charge < -0.3 is 15.1 Å². The van der Waals surface area contributed by atoms with Gasteiger partial charge in [0.1, 0.15) is 0 Å². The van der Waals surface area contributed by atoms with Crippen molar-refractivity contribution >= 4 is 18.3 Å². The number of rotatable bonds is 6. The van der Waals surface area contributed by atoms with Gasteiger partial charge in [-0.25, -0.2) is 0 Å². The van der Waals surface area contributed by atoms with Crippen LogP contribution in [0.5, 0.6) is 0 Å². The number of hydrogen-bond donors (Lipinski definition) is 1. The van der Waals surface area contributed by atoms with E-state index in [1.165, 1.54) is 11.1 Å². The topological polar surface area (TPSA) is 35.6 Å². The molecular formula is C19H32ClN3O. The van der Waals surface area contributed by atoms with Crippen LogP contribution in [0.15, 0.2) is 24.3 Å². The van der Waals surface area contributed by atoms with Gasteiger partial charge in [0.15, 0.2) is 0 Å². The lowest BCUT2D eigenvalue weighted by molar-refractivity contribution is -0.137. The normalized spacial score (nSPS) is 20.5. The number of hydrogen-bond acceptors (Lipinski definition) is 3. The van der Waals surface area contributed by atoms with Crippen LogP contribution in [0, 0.1) is 12.8 Å². The van der Waals surface area contributed by atoms with E-state index in [1.54, 1.807) is 0 Å². The first-order valence-electron chi connectivity index (χ1n) is 8.68. The smallest absolute Gasteiger partial charge is 0.226 e. The lowest BCUT2D eigenvalue weighted by atomic mass is 9.92. The zero-order valence-electron chi connectivity index (χ0n) is 15.4. The molecule has 0 unspecified atom stereocenters. The first-order chi connectivity index (χ1) is 11.0. The fourth-order valence-electron chi connectivity index (χ4n) is 3.23. The highest BCUT2D eigenvalue weighted by Crippen LogP contribution is 2.20. The highest BCUT2D eigenvalue weighted by Gasteiger charge is 2.28. The zero-order chi connectivity index (χ0) is 16.8. The van der Waals surface area contributed by atoms with Crippen molar-refractivity contribution in [3.8, 4) is 0 Å². The first kappa shape index (κ1) is 20.9. The van der Waals surface area contributed by atoms with Crippen molar-refractivity contribution in [3.63, 3.8) is 0 Å². The van der Waals surface area contributed by atoms with Crippen molar-refractivity contribution in [2.45, 2.75) is 39.3 Å². The van der Waals surface area contributed by atoms with Crippen LogP contribution in [0.2, 0.25) is 0 Å². The summed E-state index contributed by atoms with van der Waals surface area (Å²) in [5.74, 6) is 0.486. The summed E-state index contributed by atoms with van der Waals surface area (Å²) in [5, 5.41) is 3.43. The van der Waals surface area contributed by atoms with E-state index in [4.69, 9.17) is 0 Å². The minimum atomic E-state index is 0. The predicted octanol–water partition coefficient (Wildman–Crippen LogP) is 2.70. The van der Waals surface area contributed by atoms with Crippen LogP contribution in [0.1, 0.15) is 30.9 Å². The molecule has 1 fully saturated rings. The maximum absolute atomic E-state index is 13.0. The second kappa shape index (κ2) is 10.0. The molecule has 1 heterocycles. The number of amides is 1. The van der Waals surface area contributed by atoms with Crippen molar-refractivity contribution in [2.75, 3.05) is 33.7 Å². The van der Waals surface area contributed by atoms with Crippen molar-refractivity contribution in [1.82, 2.24) is 15.1 Å². The van der Waals surface area contributed by atoms with Gasteiger partial charge in [0.2, 0.25) is 5.91 Å². The van der Waals surface area contributed by atoms with Gasteiger partial charge in [-0.05, 0) is 52.9 Å². The summed E-state index contributed by atoms with van der Waals surface area (Å²) in [7, 11) is 4.11. The van der Waals surface area contributed by atoms with E-state index in [0.29, 0.717) is 18.5 Å². The third-order valence-electron chi connectivity index (χ3n) is 4.56. The van der Waals surface area contributed by atoms with E-state index in [9.17, 15) is 4.79 Å². The lowest BCUT2D eigenvalue weighted by Gasteiger charge is -2.33. The van der Waals surface area contributed by atoms with Crippen LogP contribution in [0.4, 0.5) is 0 Å². The van der Waals surface area contributed by atoms with Crippen LogP contribution in [0.3, 0.4) is 0 Å². The molecule has 24 heavy (non-hydrogen) atoms. The Balaban J connectivity index is 0.00000288. The number of nitrogens with one attached hydrogen (secondary N) is 1. The molecule has 0 saturated carbocycles. The molecule has 1 aromatic carbocycles. The number of piperidine rings is 1. The summed E-state index contributed by atoms with van der Waals surface area (Å²) < 4.78 is 0. The minimum Gasteiger partial charge on any atom is -0.337 e. The van der Waals surface area contributed by atoms with Crippen LogP contribution in [-0.4, -0.2) is 55.5 Å². The molecule has 0 aliphatic carbocycles. The Kier molecular flexibility index (Phi) is 8.74. The SMILES string of the molecule is Cc1cccc(CN(CCN(C)C)C(=O)[C@H]2CCN[C@@H](C)C2)c1.Cl. The molecule has 1 amide bonds. The summed E-state index contributed by atoms with van der Waals surface area (Å²) in [5.41, 5.74) is 2.47. The van der Waals surface area contributed by atoms with Gasteiger partial charge >= 0.3 is 0 Å². The first-order valence-corrected chi connectivity index (χ1v) is 8.68. The summed E-state index contributed by atoms with van der Waals surface area (Å²) in [6, 6.07) is 8.91. The highest BCUT2D eigenvalue weighted by molar-refractivity contribution is 5.85. The Morgan fingerprint density at radius 1 is 1.29 bits per heavy atom. The summed E-state index contributed by atoms with van der Waals surface area (Å²) >= 11 is 0. The Labute approximate surface area is 153 Å². The molecule has 1 saturated heterocycles. The van der Waals surface area contributed by atoms with Crippen molar-refractivity contribution < 1.29 is 4.79 Å². The fourth-order valence-corrected chi connectivity index (χ4v) is 3.23. The Morgan fingerprint density at radius 2 is 2.04 bits per heavy atom. The molecule has 1 aliphatic heterocycles. The van der Waals surface area contributed by atoms with Gasteiger partial charge in [0, 0.05) is 31.6 Å². The van der Waals surface area contributed by atoms with Crippen LogP contribution in [-0.2, 0) is 11.3 Å². The van der Waals surface area contributed by atoms with Gasteiger partial charge in [0.05, 0.1) is 0 Å². The largest absolute Gasteiger partial charge is 0.337 e. The second-order valence-corrected chi connectivity index (χ2v) is 7.13. The van der Waals surface area contributed by atoms with Crippen LogP contribution >= 0.6 is 12.4 Å². The third kappa shape index (κ3) is 6.42. The number of benzene rings is 1. The number of likely N-dealkylation sites (N-methyl/N-ethyl adjacent to an activating group) is 1. The van der Waals surface area contributed by atoms with Crippen LogP contribution < -0.4 is 5.32 Å². The molecule has 0 bridgehead atoms. The molecule has 1 aromatic rings. The van der Waals surface area contributed by atoms with Gasteiger partial charge in [-0.3, -0.25) is 4.79 Å². The van der Waals surface area contributed by atoms with E-state index in [2.05, 4.69) is 67.3 Å². The van der Waals surface area contributed by atoms with Crippen molar-refractivity contribution in [2.24, 2.45) is 5.92 Å². The van der Waals surface area contributed by atoms with E-state index in [1.807, 2.05) is 0 Å². The molecule has 4 nitrogen and oxygen atoms in total. The van der Waals surface area contributed by atoms with E-state index in [0.717, 1.165) is 32.5 Å². The molecular weight excluding hydrogens is 322 g/mol. The van der Waals surface area contributed by atoms with Crippen LogP contribution in [0.25, 0.3) is 0 Å². The molecule has 0 spiro atoms. The number of carbonyl (C=O) groups is 1. The molecule has 136 valence electrons. The maximum atomic E-state index is 13.0. The third-order valence-corrected chi connectivity index (χ3v) is 4.56. The number of halogens is 1. The van der Waals surface area contributed by atoms with Gasteiger partial charge in [-0.15, -0.1) is 12.4 Å². The zero-order valence-corrected chi connectivity index (χ0v) is 16.2. The minimum absolute atomic E-state index is 0. The summed E-state index contributed by atoms with van der Waals surface area (Å²) in [6.07, 6.45) is 1.90.